The minimum absolute atomic E-state index is 0.0781. The first-order valence-electron chi connectivity index (χ1n) is 2.45. The van der Waals surface area contributed by atoms with Crippen LogP contribution in [0.1, 0.15) is 20.3 Å². The van der Waals surface area contributed by atoms with Crippen molar-refractivity contribution in [1.82, 2.24) is 0 Å². The van der Waals surface area contributed by atoms with Gasteiger partial charge in [-0.15, -0.1) is 0 Å². The fourth-order valence-electron chi connectivity index (χ4n) is 0.270. The van der Waals surface area contributed by atoms with Crippen LogP contribution in [-0.4, -0.2) is 0 Å². The van der Waals surface area contributed by atoms with Crippen LogP contribution in [0.5, 0.6) is 0 Å². The quantitative estimate of drug-likeness (QED) is 0.555. The molecule has 0 amide bonds. The predicted octanol–water partition coefficient (Wildman–Crippen LogP) is 3.22. The molecule has 0 aliphatic rings. The van der Waals surface area contributed by atoms with E-state index in [1.807, 2.05) is 0 Å². The Kier molecular flexibility index (Phi) is 6.78. The van der Waals surface area contributed by atoms with Crippen molar-refractivity contribution in [1.29, 1.82) is 0 Å². The van der Waals surface area contributed by atoms with E-state index in [-0.39, 0.29) is 14.6 Å². The van der Waals surface area contributed by atoms with Crippen LogP contribution in [0.4, 0.5) is 0 Å². The van der Waals surface area contributed by atoms with E-state index in [1.54, 1.807) is 0 Å². The van der Waals surface area contributed by atoms with Crippen LogP contribution in [0.15, 0.2) is 0 Å². The van der Waals surface area contributed by atoms with Gasteiger partial charge in [0.2, 0.25) is 0 Å². The molecule has 0 aromatic rings. The van der Waals surface area contributed by atoms with Gasteiger partial charge in [0, 0.05) is 0 Å². The van der Waals surface area contributed by atoms with Crippen molar-refractivity contribution in [2.45, 2.75) is 29.5 Å². The average molecular weight is 307 g/mol. The Balaban J connectivity index is 2.83. The second kappa shape index (κ2) is 5.60. The SMILES string of the molecule is CC[CH2][Ag]([I])[CH2]C. The zero-order valence-corrected chi connectivity index (χ0v) is 8.44. The molecule has 0 rings (SSSR count). The Labute approximate surface area is 62.7 Å². The summed E-state index contributed by atoms with van der Waals surface area (Å²) in [6.45, 7) is 4.55. The number of hydrogen-bond donors (Lipinski definition) is 0. The third-order valence-corrected chi connectivity index (χ3v) is 7.87. The van der Waals surface area contributed by atoms with Gasteiger partial charge >= 0.3 is 63.2 Å². The van der Waals surface area contributed by atoms with Gasteiger partial charge in [0.15, 0.2) is 0 Å². The molecule has 0 aliphatic heterocycles. The fourth-order valence-corrected chi connectivity index (χ4v) is 3.52. The molecule has 0 fully saturated rings. The Hall–Kier alpha value is 1.47. The molecule has 0 bridgehead atoms. The third kappa shape index (κ3) is 5.34. The molecule has 0 aliphatic carbocycles. The summed E-state index contributed by atoms with van der Waals surface area (Å²) >= 11 is 2.69. The molecule has 7 heavy (non-hydrogen) atoms. The molecule has 0 N–H and O–H groups in total. The van der Waals surface area contributed by atoms with Crippen LogP contribution in [0.25, 0.3) is 0 Å². The van der Waals surface area contributed by atoms with Gasteiger partial charge in [-0.3, -0.25) is 0 Å². The van der Waals surface area contributed by atoms with Crippen LogP contribution in [0.3, 0.4) is 0 Å². The third-order valence-electron chi connectivity index (χ3n) is 0.546. The van der Waals surface area contributed by atoms with E-state index in [9.17, 15) is 0 Å². The summed E-state index contributed by atoms with van der Waals surface area (Å²) in [5.41, 5.74) is 0. The molecule has 0 nitrogen and oxygen atoms in total. The van der Waals surface area contributed by atoms with Crippen molar-refractivity contribution in [2.75, 3.05) is 0 Å². The van der Waals surface area contributed by atoms with Gasteiger partial charge < -0.3 is 0 Å². The maximum absolute atomic E-state index is 2.61. The number of rotatable bonds is 3. The van der Waals surface area contributed by atoms with E-state index in [2.05, 4.69) is 32.9 Å². The monoisotopic (exact) mass is 306 g/mol. The normalized spacial score (nSPS) is 11.6. The molecular weight excluding hydrogens is 295 g/mol. The Morgan fingerprint density at radius 2 is 2.00 bits per heavy atom. The van der Waals surface area contributed by atoms with Crippen molar-refractivity contribution in [3.63, 3.8) is 0 Å². The van der Waals surface area contributed by atoms with E-state index in [1.165, 1.54) is 15.7 Å². The second-order valence-corrected chi connectivity index (χ2v) is 9.94. The summed E-state index contributed by atoms with van der Waals surface area (Å²) < 4.78 is 2.92. The molecule has 0 saturated carbocycles. The number of hydrogen-bond acceptors (Lipinski definition) is 0. The molecule has 0 spiro atoms. The fraction of sp³-hybridized carbons (Fsp3) is 1.00. The van der Waals surface area contributed by atoms with Gasteiger partial charge in [-0.1, -0.05) is 0 Å². The van der Waals surface area contributed by atoms with Crippen LogP contribution < -0.4 is 0 Å². The topological polar surface area (TPSA) is 0 Å². The number of halogens is 1. The molecule has 0 radical (unpaired) electrons. The summed E-state index contributed by atoms with van der Waals surface area (Å²) in [6.07, 6.45) is 1.38. The van der Waals surface area contributed by atoms with Crippen LogP contribution >= 0.6 is 19.0 Å². The van der Waals surface area contributed by atoms with Crippen molar-refractivity contribution in [3.05, 3.63) is 0 Å². The Bertz CT molecular complexity index is 39.1. The van der Waals surface area contributed by atoms with Gasteiger partial charge in [-0.05, 0) is 0 Å². The molecule has 0 aromatic heterocycles. The molecule has 0 aromatic carbocycles. The van der Waals surface area contributed by atoms with Gasteiger partial charge in [0.25, 0.3) is 0 Å². The summed E-state index contributed by atoms with van der Waals surface area (Å²) in [4.78, 5) is 0. The summed E-state index contributed by atoms with van der Waals surface area (Å²) in [5, 5.41) is 0. The van der Waals surface area contributed by atoms with Gasteiger partial charge in [-0.2, -0.15) is 0 Å². The van der Waals surface area contributed by atoms with E-state index in [4.69, 9.17) is 0 Å². The van der Waals surface area contributed by atoms with Gasteiger partial charge in [0.05, 0.1) is 0 Å². The molecule has 0 unspecified atom stereocenters. The summed E-state index contributed by atoms with van der Waals surface area (Å²) in [6, 6.07) is 0. The minimum atomic E-state index is 0.0781. The average Bonchev–Trinajstić information content (AvgIpc) is 1.68. The Morgan fingerprint density at radius 1 is 1.43 bits per heavy atom. The van der Waals surface area contributed by atoms with Crippen molar-refractivity contribution in [3.8, 4) is 0 Å². The zero-order chi connectivity index (χ0) is 5.70. The van der Waals surface area contributed by atoms with Gasteiger partial charge in [0.1, 0.15) is 0 Å². The van der Waals surface area contributed by atoms with E-state index < -0.39 is 0 Å². The summed E-state index contributed by atoms with van der Waals surface area (Å²) in [5.74, 6) is 0. The van der Waals surface area contributed by atoms with E-state index in [0.29, 0.717) is 0 Å². The molecule has 0 heterocycles. The van der Waals surface area contributed by atoms with Crippen LogP contribution in [-0.2, 0) is 14.6 Å². The summed E-state index contributed by atoms with van der Waals surface area (Å²) in [7, 11) is 0. The molecule has 2 heteroatoms. The molecule has 0 atom stereocenters. The zero-order valence-electron chi connectivity index (χ0n) is 4.80. The maximum atomic E-state index is 2.61. The first-order valence-corrected chi connectivity index (χ1v) is 8.96. The molecule has 0 saturated heterocycles. The molecule has 50 valence electrons. The predicted molar refractivity (Wildman–Crippen MR) is 39.6 cm³/mol. The second-order valence-electron chi connectivity index (χ2n) is 1.18. The van der Waals surface area contributed by atoms with Crippen LogP contribution in [0.2, 0.25) is 9.28 Å². The van der Waals surface area contributed by atoms with Crippen molar-refractivity contribution >= 4 is 19.0 Å². The standard InChI is InChI=1S/C3H7.C2H5.Ag.HI/c1-3-2;1-2;;/h1,3H2,2H3;1H2,2H3;;1H/q;;+1;/p-1. The molecular formula is C5H12AgI. The Morgan fingerprint density at radius 3 is 2.14 bits per heavy atom. The van der Waals surface area contributed by atoms with Crippen LogP contribution in [0, 0.1) is 0 Å². The first kappa shape index (κ1) is 8.47. The van der Waals surface area contributed by atoms with Crippen molar-refractivity contribution < 1.29 is 14.6 Å². The van der Waals surface area contributed by atoms with E-state index in [0.717, 1.165) is 0 Å². The van der Waals surface area contributed by atoms with Gasteiger partial charge in [-0.25, -0.2) is 0 Å². The van der Waals surface area contributed by atoms with E-state index >= 15 is 0 Å². The van der Waals surface area contributed by atoms with Crippen molar-refractivity contribution in [2.24, 2.45) is 0 Å². The first-order chi connectivity index (χ1) is 3.31.